The molecule has 2 saturated carbocycles. The molecule has 0 bridgehead atoms. The molecule has 2 amide bonds. The molecule has 2 N–H and O–H groups in total. The third-order valence-electron chi connectivity index (χ3n) is 2.92. The van der Waals surface area contributed by atoms with Crippen molar-refractivity contribution in [1.29, 1.82) is 0 Å². The molecule has 23 heavy (non-hydrogen) atoms. The summed E-state index contributed by atoms with van der Waals surface area (Å²) in [5.74, 6) is 1.55. The largest absolute Gasteiger partial charge is 2.00 e. The Hall–Kier alpha value is -0.541. The summed E-state index contributed by atoms with van der Waals surface area (Å²) in [5, 5.41) is 5.59. The minimum atomic E-state index is 0. The first-order valence-corrected chi connectivity index (χ1v) is 7.68. The molecule has 0 aromatic rings. The maximum absolute atomic E-state index is 11.2. The van der Waals surface area contributed by atoms with Crippen molar-refractivity contribution in [1.82, 2.24) is 10.6 Å². The van der Waals surface area contributed by atoms with Crippen LogP contribution in [0.1, 0.15) is 26.7 Å². The normalized spacial score (nSPS) is 17.8. The van der Waals surface area contributed by atoms with Gasteiger partial charge in [-0.15, -0.1) is 0 Å². The van der Waals surface area contributed by atoms with Gasteiger partial charge in [0, 0.05) is 13.1 Å². The number of amides is 2. The quantitative estimate of drug-likeness (QED) is 0.714. The van der Waals surface area contributed by atoms with Gasteiger partial charge in [-0.3, -0.25) is 9.59 Å². The summed E-state index contributed by atoms with van der Waals surface area (Å²) in [7, 11) is 0. The summed E-state index contributed by atoms with van der Waals surface area (Å²) < 4.78 is 0. The van der Waals surface area contributed by atoms with E-state index in [0.29, 0.717) is 0 Å². The molecular weight excluding hydrogens is 332 g/mol. The second-order valence-electron chi connectivity index (χ2n) is 4.86. The average Bonchev–Trinajstić information content (AvgIpc) is 3.23. The first kappa shape index (κ1) is 22.5. The average molecular weight is 356 g/mol. The van der Waals surface area contributed by atoms with Crippen LogP contribution in [0.15, 0.2) is 0 Å². The Bertz CT molecular complexity index is 293. The Morgan fingerprint density at radius 1 is 0.739 bits per heavy atom. The van der Waals surface area contributed by atoms with Gasteiger partial charge in [-0.1, -0.05) is 13.8 Å². The van der Waals surface area contributed by atoms with Crippen molar-refractivity contribution in [2.75, 3.05) is 13.1 Å². The van der Waals surface area contributed by atoms with Gasteiger partial charge in [0.05, 0.1) is 11.8 Å². The molecular formula is C18H24FeN2O2+2. The van der Waals surface area contributed by atoms with Crippen molar-refractivity contribution in [3.63, 3.8) is 0 Å². The molecule has 10 radical (unpaired) electrons. The van der Waals surface area contributed by atoms with Gasteiger partial charge in [-0.25, -0.2) is 0 Å². The van der Waals surface area contributed by atoms with Gasteiger partial charge in [0.2, 0.25) is 11.8 Å². The van der Waals surface area contributed by atoms with Crippen LogP contribution in [0, 0.1) is 63.2 Å². The smallest absolute Gasteiger partial charge is 0.356 e. The molecule has 124 valence electrons. The Morgan fingerprint density at radius 3 is 1.30 bits per heavy atom. The molecule has 0 aromatic carbocycles. The predicted molar refractivity (Wildman–Crippen MR) is 87.5 cm³/mol. The van der Waals surface area contributed by atoms with Gasteiger partial charge in [0.1, 0.15) is 0 Å². The Kier molecular flexibility index (Phi) is 13.5. The monoisotopic (exact) mass is 356 g/mol. The molecule has 0 saturated heterocycles. The van der Waals surface area contributed by atoms with Gasteiger partial charge in [0.15, 0.2) is 0 Å². The van der Waals surface area contributed by atoms with Gasteiger partial charge in [-0.2, -0.15) is 0 Å². The van der Waals surface area contributed by atoms with E-state index >= 15 is 0 Å². The van der Waals surface area contributed by atoms with Gasteiger partial charge in [-0.05, 0) is 64.2 Å². The fourth-order valence-electron chi connectivity index (χ4n) is 1.73. The summed E-state index contributed by atoms with van der Waals surface area (Å²) in [6.07, 6.45) is 16.6. The van der Waals surface area contributed by atoms with Crippen molar-refractivity contribution in [3.05, 3.63) is 63.2 Å². The van der Waals surface area contributed by atoms with E-state index in [1.165, 1.54) is 0 Å². The molecule has 2 aliphatic carbocycles. The summed E-state index contributed by atoms with van der Waals surface area (Å²) >= 11 is 0. The van der Waals surface area contributed by atoms with E-state index in [-0.39, 0.29) is 28.9 Å². The maximum atomic E-state index is 11.2. The van der Waals surface area contributed by atoms with Gasteiger partial charge in [0.25, 0.3) is 0 Å². The second-order valence-corrected chi connectivity index (χ2v) is 4.86. The summed E-state index contributed by atoms with van der Waals surface area (Å²) in [5.41, 5.74) is 0. The van der Waals surface area contributed by atoms with E-state index in [0.717, 1.165) is 37.8 Å². The SMILES string of the molecule is CCCNC(=O)[C]1[CH][CH][CH][CH]1.CCCNC(=O)[C]1[CH][CH][CH][CH]1.[Fe+2]. The fraction of sp³-hybridized carbons (Fsp3) is 0.333. The molecule has 2 fully saturated rings. The molecule has 0 aromatic heterocycles. The van der Waals surface area contributed by atoms with Crippen LogP contribution in [0.4, 0.5) is 0 Å². The van der Waals surface area contributed by atoms with Crippen molar-refractivity contribution < 1.29 is 26.7 Å². The zero-order valence-electron chi connectivity index (χ0n) is 13.6. The van der Waals surface area contributed by atoms with E-state index in [4.69, 9.17) is 0 Å². The third-order valence-corrected chi connectivity index (χ3v) is 2.92. The minimum Gasteiger partial charge on any atom is -0.356 e. The van der Waals surface area contributed by atoms with Crippen LogP contribution in [0.3, 0.4) is 0 Å². The first-order chi connectivity index (χ1) is 10.7. The van der Waals surface area contributed by atoms with Crippen LogP contribution < -0.4 is 10.6 Å². The summed E-state index contributed by atoms with van der Waals surface area (Å²) in [6, 6.07) is 0. The number of rotatable bonds is 6. The molecule has 0 unspecified atom stereocenters. The van der Waals surface area contributed by atoms with Crippen LogP contribution in [0.5, 0.6) is 0 Å². The van der Waals surface area contributed by atoms with Crippen molar-refractivity contribution in [2.45, 2.75) is 26.7 Å². The standard InChI is InChI=1S/2C9H12NO.Fe/c2*1-2-7-10-9(11)8-5-3-4-6-8;/h2*3-6H,2,7H2,1H3,(H,10,11);/q;;+2. The Balaban J connectivity index is 0.000000403. The van der Waals surface area contributed by atoms with Crippen LogP contribution in [-0.2, 0) is 26.7 Å². The zero-order valence-corrected chi connectivity index (χ0v) is 14.7. The number of hydrogen-bond donors (Lipinski definition) is 2. The second kappa shape index (κ2) is 13.9. The number of nitrogens with one attached hydrogen (secondary N) is 2. The molecule has 0 atom stereocenters. The number of carbonyl (C=O) groups excluding carboxylic acids is 2. The molecule has 2 aliphatic rings. The Labute approximate surface area is 152 Å². The summed E-state index contributed by atoms with van der Waals surface area (Å²) in [6.45, 7) is 5.57. The van der Waals surface area contributed by atoms with E-state index in [1.54, 1.807) is 0 Å². The Morgan fingerprint density at radius 2 is 1.04 bits per heavy atom. The predicted octanol–water partition coefficient (Wildman–Crippen LogP) is 1.83. The topological polar surface area (TPSA) is 58.2 Å². The molecule has 0 heterocycles. The van der Waals surface area contributed by atoms with E-state index in [2.05, 4.69) is 10.6 Å². The molecule has 0 aliphatic heterocycles. The number of carbonyl (C=O) groups is 2. The van der Waals surface area contributed by atoms with Crippen molar-refractivity contribution >= 4 is 11.8 Å². The number of hydrogen-bond acceptors (Lipinski definition) is 2. The maximum Gasteiger partial charge on any atom is 2.00 e. The van der Waals surface area contributed by atoms with Crippen LogP contribution in [-0.4, -0.2) is 24.9 Å². The third kappa shape index (κ3) is 9.36. The van der Waals surface area contributed by atoms with Gasteiger partial charge < -0.3 is 10.6 Å². The fourth-order valence-corrected chi connectivity index (χ4v) is 1.73. The zero-order chi connectivity index (χ0) is 16.2. The van der Waals surface area contributed by atoms with Crippen LogP contribution in [0.2, 0.25) is 0 Å². The van der Waals surface area contributed by atoms with Crippen LogP contribution >= 0.6 is 0 Å². The first-order valence-electron chi connectivity index (χ1n) is 7.68. The molecule has 4 nitrogen and oxygen atoms in total. The van der Waals surface area contributed by atoms with E-state index in [1.807, 2.05) is 65.2 Å². The van der Waals surface area contributed by atoms with Crippen molar-refractivity contribution in [3.8, 4) is 0 Å². The van der Waals surface area contributed by atoms with Gasteiger partial charge >= 0.3 is 17.1 Å². The molecule has 0 spiro atoms. The van der Waals surface area contributed by atoms with E-state index in [9.17, 15) is 9.59 Å². The van der Waals surface area contributed by atoms with Crippen LogP contribution in [0.25, 0.3) is 0 Å². The van der Waals surface area contributed by atoms with Crippen molar-refractivity contribution in [2.24, 2.45) is 0 Å². The molecule has 2 rings (SSSR count). The minimum absolute atomic E-state index is 0. The summed E-state index contributed by atoms with van der Waals surface area (Å²) in [4.78, 5) is 22.3. The molecule has 5 heteroatoms. The van der Waals surface area contributed by atoms with E-state index < -0.39 is 0 Å².